The molecule has 0 heterocycles. The van der Waals surface area contributed by atoms with Gasteiger partial charge in [-0.2, -0.15) is 13.2 Å². The molecule has 0 saturated heterocycles. The van der Waals surface area contributed by atoms with E-state index in [-0.39, 0.29) is 12.2 Å². The van der Waals surface area contributed by atoms with Crippen LogP contribution in [0.3, 0.4) is 0 Å². The van der Waals surface area contributed by atoms with Crippen molar-refractivity contribution >= 4 is 23.0 Å². The van der Waals surface area contributed by atoms with Gasteiger partial charge in [-0.15, -0.1) is 0 Å². The number of halogens is 4. The van der Waals surface area contributed by atoms with E-state index in [1.807, 2.05) is 0 Å². The molecule has 13 heavy (non-hydrogen) atoms. The van der Waals surface area contributed by atoms with E-state index in [0.29, 0.717) is 0 Å². The molecule has 0 bridgehead atoms. The highest BCUT2D eigenvalue weighted by Crippen LogP contribution is 2.32. The Labute approximate surface area is 87.6 Å². The Hall–Kier alpha value is -0.300. The van der Waals surface area contributed by atoms with E-state index >= 15 is 0 Å². The van der Waals surface area contributed by atoms with Gasteiger partial charge in [0.1, 0.15) is 23.0 Å². The molecule has 0 saturated carbocycles. The van der Waals surface area contributed by atoms with Gasteiger partial charge in [0, 0.05) is 0 Å². The zero-order chi connectivity index (χ0) is 9.90. The lowest BCUT2D eigenvalue weighted by Crippen LogP contribution is -2.08. The molecule has 0 aliphatic carbocycles. The lowest BCUT2D eigenvalue weighted by atomic mass is 10.1. The first-order chi connectivity index (χ1) is 6.05. The molecule has 0 amide bonds. The number of hydrogen-bond acceptors (Lipinski definition) is 1. The zero-order valence-electron chi connectivity index (χ0n) is 6.44. The van der Waals surface area contributed by atoms with Crippen LogP contribution in [0.15, 0.2) is 24.3 Å². The van der Waals surface area contributed by atoms with Crippen LogP contribution < -0.4 is 0 Å². The fraction of sp³-hybridized carbons (Fsp3) is 0.250. The number of hydrogen-bond donors (Lipinski definition) is 0. The van der Waals surface area contributed by atoms with Crippen LogP contribution in [-0.4, -0.2) is 0 Å². The summed E-state index contributed by atoms with van der Waals surface area (Å²) in [5.74, 6) is 0. The van der Waals surface area contributed by atoms with E-state index in [0.717, 1.165) is 6.07 Å². The number of alkyl halides is 3. The van der Waals surface area contributed by atoms with Crippen LogP contribution in [0.25, 0.3) is 0 Å². The van der Waals surface area contributed by atoms with E-state index in [1.54, 1.807) is 29.1 Å². The molecular weight excluding hydrogens is 296 g/mol. The van der Waals surface area contributed by atoms with Gasteiger partial charge in [0.05, 0.1) is 12.2 Å². The average molecular weight is 302 g/mol. The Morgan fingerprint density at radius 1 is 1.23 bits per heavy atom. The van der Waals surface area contributed by atoms with Crippen LogP contribution in [-0.2, 0) is 15.8 Å². The molecular formula is C8H6F3IO. The summed E-state index contributed by atoms with van der Waals surface area (Å²) < 4.78 is 41.6. The summed E-state index contributed by atoms with van der Waals surface area (Å²) >= 11 is 1.57. The molecule has 0 radical (unpaired) electrons. The molecule has 1 aromatic rings. The summed E-state index contributed by atoms with van der Waals surface area (Å²) in [5, 5.41) is 0. The third-order valence-electron chi connectivity index (χ3n) is 1.53. The minimum atomic E-state index is -4.30. The number of rotatable bonds is 2. The zero-order valence-corrected chi connectivity index (χ0v) is 8.59. The Morgan fingerprint density at radius 3 is 2.38 bits per heavy atom. The summed E-state index contributed by atoms with van der Waals surface area (Å²) in [7, 11) is 0. The highest BCUT2D eigenvalue weighted by molar-refractivity contribution is 14.1. The fourth-order valence-corrected chi connectivity index (χ4v) is 1.32. The first-order valence-corrected chi connectivity index (χ1v) is 4.32. The standard InChI is InChI=1S/C8H6F3IO/c9-8(10,11)7-4-2-1-3-6(7)5-13-12/h1-4H,5H2. The van der Waals surface area contributed by atoms with Gasteiger partial charge in [-0.1, -0.05) is 18.2 Å². The number of benzene rings is 1. The molecule has 0 atom stereocenters. The van der Waals surface area contributed by atoms with Crippen LogP contribution >= 0.6 is 23.0 Å². The topological polar surface area (TPSA) is 9.23 Å². The summed E-state index contributed by atoms with van der Waals surface area (Å²) in [6.45, 7) is -0.0315. The Balaban J connectivity index is 3.05. The summed E-state index contributed by atoms with van der Waals surface area (Å²) in [6.07, 6.45) is -4.30. The molecule has 0 aliphatic rings. The predicted octanol–water partition coefficient (Wildman–Crippen LogP) is 3.57. The van der Waals surface area contributed by atoms with Gasteiger partial charge in [0.2, 0.25) is 0 Å². The minimum absolute atomic E-state index is 0.0315. The SMILES string of the molecule is FC(F)(F)c1ccccc1COI. The van der Waals surface area contributed by atoms with Crippen molar-refractivity contribution in [3.63, 3.8) is 0 Å². The molecule has 0 aromatic heterocycles. The van der Waals surface area contributed by atoms with Gasteiger partial charge in [-0.05, 0) is 11.6 Å². The van der Waals surface area contributed by atoms with Crippen molar-refractivity contribution in [3.8, 4) is 0 Å². The van der Waals surface area contributed by atoms with E-state index in [1.165, 1.54) is 12.1 Å². The quantitative estimate of drug-likeness (QED) is 0.759. The van der Waals surface area contributed by atoms with Crippen LogP contribution in [0.1, 0.15) is 11.1 Å². The Kier molecular flexibility index (Phi) is 3.55. The molecule has 5 heteroatoms. The Bertz CT molecular complexity index is 285. The molecule has 0 aliphatic heterocycles. The maximum Gasteiger partial charge on any atom is 0.416 e. The van der Waals surface area contributed by atoms with Gasteiger partial charge < -0.3 is 3.07 Å². The monoisotopic (exact) mass is 302 g/mol. The molecule has 0 fully saturated rings. The van der Waals surface area contributed by atoms with Crippen LogP contribution in [0.2, 0.25) is 0 Å². The summed E-state index contributed by atoms with van der Waals surface area (Å²) in [4.78, 5) is 0. The van der Waals surface area contributed by atoms with Crippen LogP contribution in [0.5, 0.6) is 0 Å². The highest BCUT2D eigenvalue weighted by Gasteiger charge is 2.32. The van der Waals surface area contributed by atoms with Crippen molar-refractivity contribution in [2.45, 2.75) is 12.8 Å². The van der Waals surface area contributed by atoms with Gasteiger partial charge in [0.15, 0.2) is 0 Å². The summed E-state index contributed by atoms with van der Waals surface area (Å²) in [5.41, 5.74) is -0.476. The first kappa shape index (κ1) is 10.8. The molecule has 1 rings (SSSR count). The normalized spacial score (nSPS) is 11.7. The van der Waals surface area contributed by atoms with Crippen LogP contribution in [0.4, 0.5) is 13.2 Å². The Morgan fingerprint density at radius 2 is 1.85 bits per heavy atom. The van der Waals surface area contributed by atoms with Crippen molar-refractivity contribution in [2.75, 3.05) is 0 Å². The minimum Gasteiger partial charge on any atom is -0.311 e. The third kappa shape index (κ3) is 2.84. The van der Waals surface area contributed by atoms with Gasteiger partial charge in [-0.3, -0.25) is 0 Å². The second-order valence-electron chi connectivity index (χ2n) is 2.41. The molecule has 0 spiro atoms. The van der Waals surface area contributed by atoms with Gasteiger partial charge in [0.25, 0.3) is 0 Å². The third-order valence-corrected chi connectivity index (χ3v) is 1.84. The van der Waals surface area contributed by atoms with Crippen LogP contribution in [0, 0.1) is 0 Å². The maximum atomic E-state index is 12.3. The summed E-state index contributed by atoms with van der Waals surface area (Å²) in [6, 6.07) is 5.37. The molecule has 0 unspecified atom stereocenters. The van der Waals surface area contributed by atoms with Crippen molar-refractivity contribution in [2.24, 2.45) is 0 Å². The van der Waals surface area contributed by atoms with E-state index in [4.69, 9.17) is 0 Å². The van der Waals surface area contributed by atoms with Gasteiger partial charge >= 0.3 is 6.18 Å². The van der Waals surface area contributed by atoms with Crippen molar-refractivity contribution in [3.05, 3.63) is 35.4 Å². The largest absolute Gasteiger partial charge is 0.416 e. The average Bonchev–Trinajstić information content (AvgIpc) is 2.04. The van der Waals surface area contributed by atoms with Crippen molar-refractivity contribution < 1.29 is 16.2 Å². The van der Waals surface area contributed by atoms with E-state index < -0.39 is 11.7 Å². The van der Waals surface area contributed by atoms with Gasteiger partial charge in [-0.25, -0.2) is 0 Å². The molecule has 72 valence electrons. The molecule has 1 nitrogen and oxygen atoms in total. The second-order valence-corrected chi connectivity index (χ2v) is 3.03. The molecule has 0 N–H and O–H groups in total. The maximum absolute atomic E-state index is 12.3. The fourth-order valence-electron chi connectivity index (χ4n) is 0.981. The van der Waals surface area contributed by atoms with Crippen molar-refractivity contribution in [1.82, 2.24) is 0 Å². The highest BCUT2D eigenvalue weighted by atomic mass is 127. The lowest BCUT2D eigenvalue weighted by molar-refractivity contribution is -0.138. The lowest BCUT2D eigenvalue weighted by Gasteiger charge is -2.10. The predicted molar refractivity (Wildman–Crippen MR) is 50.3 cm³/mol. The smallest absolute Gasteiger partial charge is 0.311 e. The second kappa shape index (κ2) is 4.28. The van der Waals surface area contributed by atoms with Crippen molar-refractivity contribution in [1.29, 1.82) is 0 Å². The molecule has 1 aromatic carbocycles. The van der Waals surface area contributed by atoms with E-state index in [2.05, 4.69) is 3.07 Å². The van der Waals surface area contributed by atoms with E-state index in [9.17, 15) is 13.2 Å². The first-order valence-electron chi connectivity index (χ1n) is 3.44.